The number of amides is 2. The molecule has 0 aliphatic carbocycles. The molecule has 0 aliphatic rings. The van der Waals surface area contributed by atoms with Crippen molar-refractivity contribution in [3.63, 3.8) is 0 Å². The van der Waals surface area contributed by atoms with E-state index in [-0.39, 0.29) is 0 Å². The smallest absolute Gasteiger partial charge is 0.318 e. The van der Waals surface area contributed by atoms with Crippen LogP contribution in [0, 0.1) is 0 Å². The van der Waals surface area contributed by atoms with Crippen LogP contribution >= 0.6 is 7.60 Å². The Balaban J connectivity index is 0. The first kappa shape index (κ1) is 13.6. The fourth-order valence-corrected chi connectivity index (χ4v) is 0.252. The van der Waals surface area contributed by atoms with Crippen molar-refractivity contribution in [1.82, 2.24) is 10.9 Å². The maximum absolute atomic E-state index is 9.83. The van der Waals surface area contributed by atoms with E-state index in [2.05, 4.69) is 11.7 Å². The summed E-state index contributed by atoms with van der Waals surface area (Å²) in [5.74, 6) is 8.78. The van der Waals surface area contributed by atoms with E-state index in [1.165, 1.54) is 5.43 Å². The highest BCUT2D eigenvalue weighted by atomic mass is 31.2. The Hall–Kier alpha value is -0.990. The van der Waals surface area contributed by atoms with Gasteiger partial charge in [-0.15, -0.1) is 0 Å². The molecule has 0 atom stereocenters. The summed E-state index contributed by atoms with van der Waals surface area (Å²) in [6, 6.07) is 0. The number of carbonyl (C=O) groups is 2. The molecule has 2 amide bonds. The van der Waals surface area contributed by atoms with Crippen LogP contribution in [0.3, 0.4) is 0 Å². The Kier molecular flexibility index (Phi) is 7.59. The lowest BCUT2D eigenvalue weighted by atomic mass is 11.4. The van der Waals surface area contributed by atoms with Crippen LogP contribution in [0.5, 0.6) is 0 Å². The number of rotatable bonds is 2. The van der Waals surface area contributed by atoms with Crippen LogP contribution < -0.4 is 22.5 Å². The average molecular weight is 200 g/mol. The van der Waals surface area contributed by atoms with Crippen molar-refractivity contribution >= 4 is 19.7 Å². The summed E-state index contributed by atoms with van der Waals surface area (Å²) < 4.78 is 9.76. The fourth-order valence-electron chi connectivity index (χ4n) is 0.0841. The zero-order valence-corrected chi connectivity index (χ0v) is 6.69. The molecule has 9 nitrogen and oxygen atoms in total. The lowest BCUT2D eigenvalue weighted by Gasteiger charge is -1.97. The number of hydrogen-bond donors (Lipinski definition) is 6. The second-order valence-electron chi connectivity index (χ2n) is 1.28. The van der Waals surface area contributed by atoms with Crippen LogP contribution in [-0.4, -0.2) is 21.8 Å². The van der Waals surface area contributed by atoms with E-state index >= 15 is 0 Å². The predicted molar refractivity (Wildman–Crippen MR) is 38.2 cm³/mol. The van der Waals surface area contributed by atoms with Crippen LogP contribution in [0.2, 0.25) is 0 Å². The molecule has 0 bridgehead atoms. The highest BCUT2D eigenvalue weighted by Crippen LogP contribution is 2.34. The molecule has 0 aromatic heterocycles. The van der Waals surface area contributed by atoms with Gasteiger partial charge >= 0.3 is 13.2 Å². The molecule has 0 unspecified atom stereocenters. The topological polar surface area (TPSA) is 168 Å². The van der Waals surface area contributed by atoms with Crippen molar-refractivity contribution in [3.05, 3.63) is 0 Å². The van der Waals surface area contributed by atoms with Gasteiger partial charge in [-0.25, -0.2) is 16.3 Å². The lowest BCUT2D eigenvalue weighted by molar-refractivity contribution is -0.109. The van der Waals surface area contributed by atoms with Crippen molar-refractivity contribution in [3.8, 4) is 0 Å². The summed E-state index contributed by atoms with van der Waals surface area (Å²) in [5, 5.41) is 0. The molecular formula is C2H9N4O5P. The largest absolute Gasteiger partial charge is 0.414 e. The van der Waals surface area contributed by atoms with Crippen molar-refractivity contribution in [2.24, 2.45) is 11.7 Å². The van der Waals surface area contributed by atoms with Gasteiger partial charge in [0.15, 0.2) is 0 Å². The molecule has 0 saturated carbocycles. The molecule has 72 valence electrons. The molecule has 12 heavy (non-hydrogen) atoms. The molecule has 0 spiro atoms. The van der Waals surface area contributed by atoms with Gasteiger partial charge in [-0.2, -0.15) is 0 Å². The van der Waals surface area contributed by atoms with Crippen LogP contribution in [0.4, 0.5) is 4.79 Å². The van der Waals surface area contributed by atoms with Gasteiger partial charge in [-0.3, -0.25) is 20.4 Å². The Labute approximate surface area is 67.2 Å². The third kappa shape index (κ3) is 9.01. The molecule has 0 fully saturated rings. The Morgan fingerprint density at radius 3 is 1.75 bits per heavy atom. The molecule has 0 saturated heterocycles. The Morgan fingerprint density at radius 1 is 1.42 bits per heavy atom. The van der Waals surface area contributed by atoms with Crippen LogP contribution in [0.1, 0.15) is 0 Å². The highest BCUT2D eigenvalue weighted by Gasteiger charge is 2.23. The standard InChI is InChI=1S/CH5N2O4P.CH4N2O/c2-3-1(4)8(5,6)7;2-3-1-4/h2H2,(H,3,4)(H2,5,6,7);1H,2H2,(H,3,4). The molecule has 0 radical (unpaired) electrons. The molecule has 10 heteroatoms. The van der Waals surface area contributed by atoms with Gasteiger partial charge in [0.05, 0.1) is 0 Å². The summed E-state index contributed by atoms with van der Waals surface area (Å²) in [6.07, 6.45) is 0.403. The first-order valence-corrected chi connectivity index (χ1v) is 3.97. The predicted octanol–water partition coefficient (Wildman–Crippen LogP) is -2.65. The average Bonchev–Trinajstić information content (AvgIpc) is 2.02. The summed E-state index contributed by atoms with van der Waals surface area (Å²) in [6.45, 7) is 0. The highest BCUT2D eigenvalue weighted by molar-refractivity contribution is 7.69. The van der Waals surface area contributed by atoms with E-state index in [0.29, 0.717) is 6.41 Å². The minimum atomic E-state index is -4.63. The molecular weight excluding hydrogens is 191 g/mol. The van der Waals surface area contributed by atoms with Gasteiger partial charge in [0.1, 0.15) is 0 Å². The zero-order chi connectivity index (χ0) is 10.2. The number of hydrogen-bond acceptors (Lipinski definition) is 5. The minimum absolute atomic E-state index is 0.403. The summed E-state index contributed by atoms with van der Waals surface area (Å²) in [5.41, 5.74) is 1.58. The van der Waals surface area contributed by atoms with Crippen LogP contribution in [0.15, 0.2) is 0 Å². The fraction of sp³-hybridized carbons (Fsp3) is 0. The zero-order valence-electron chi connectivity index (χ0n) is 5.80. The minimum Gasteiger partial charge on any atom is -0.318 e. The van der Waals surface area contributed by atoms with Gasteiger partial charge in [0.25, 0.3) is 0 Å². The lowest BCUT2D eigenvalue weighted by Crippen LogP contribution is -2.28. The third-order valence-electron chi connectivity index (χ3n) is 0.456. The summed E-state index contributed by atoms with van der Waals surface area (Å²) in [4.78, 5) is 34.6. The van der Waals surface area contributed by atoms with Gasteiger partial charge < -0.3 is 9.79 Å². The van der Waals surface area contributed by atoms with Gasteiger partial charge in [0, 0.05) is 0 Å². The Bertz CT molecular complexity index is 188. The molecule has 0 aromatic rings. The van der Waals surface area contributed by atoms with E-state index in [9.17, 15) is 9.36 Å². The maximum atomic E-state index is 9.83. The van der Waals surface area contributed by atoms with Crippen molar-refractivity contribution < 1.29 is 23.9 Å². The molecule has 0 rings (SSSR count). The molecule has 0 heterocycles. The normalized spacial score (nSPS) is 9.00. The molecule has 0 aromatic carbocycles. The first-order chi connectivity index (χ1) is 5.40. The van der Waals surface area contributed by atoms with Crippen LogP contribution in [0.25, 0.3) is 0 Å². The number of nitrogens with two attached hydrogens (primary N) is 2. The summed E-state index contributed by atoms with van der Waals surface area (Å²) in [7, 11) is -4.63. The van der Waals surface area contributed by atoms with Crippen molar-refractivity contribution in [1.29, 1.82) is 0 Å². The van der Waals surface area contributed by atoms with Crippen LogP contribution in [-0.2, 0) is 9.36 Å². The van der Waals surface area contributed by atoms with E-state index < -0.39 is 13.2 Å². The second kappa shape index (κ2) is 6.70. The SMILES string of the molecule is NNC(=O)P(=O)(O)O.NNC=O. The van der Waals surface area contributed by atoms with Gasteiger partial charge in [-0.1, -0.05) is 0 Å². The summed E-state index contributed by atoms with van der Waals surface area (Å²) >= 11 is 0. The third-order valence-corrected chi connectivity index (χ3v) is 1.11. The number of carbonyl (C=O) groups excluding carboxylic acids is 2. The quantitative estimate of drug-likeness (QED) is 0.0929. The molecule has 8 N–H and O–H groups in total. The van der Waals surface area contributed by atoms with E-state index in [0.717, 1.165) is 0 Å². The monoisotopic (exact) mass is 200 g/mol. The second-order valence-corrected chi connectivity index (χ2v) is 2.77. The maximum Gasteiger partial charge on any atom is 0.414 e. The first-order valence-electron chi connectivity index (χ1n) is 2.36. The number of hydrazine groups is 2. The Morgan fingerprint density at radius 2 is 1.75 bits per heavy atom. The van der Waals surface area contributed by atoms with E-state index in [1.807, 2.05) is 0 Å². The van der Waals surface area contributed by atoms with Gasteiger partial charge in [-0.05, 0) is 0 Å². The molecule has 0 aliphatic heterocycles. The number of nitrogens with one attached hydrogen (secondary N) is 2. The van der Waals surface area contributed by atoms with Gasteiger partial charge in [0.2, 0.25) is 6.41 Å². The van der Waals surface area contributed by atoms with Crippen molar-refractivity contribution in [2.75, 3.05) is 0 Å². The van der Waals surface area contributed by atoms with E-state index in [4.69, 9.17) is 14.6 Å². The van der Waals surface area contributed by atoms with E-state index in [1.54, 1.807) is 5.43 Å². The van der Waals surface area contributed by atoms with Crippen molar-refractivity contribution in [2.45, 2.75) is 0 Å².